The van der Waals surface area contributed by atoms with Gasteiger partial charge in [-0.3, -0.25) is 10.2 Å². The smallest absolute Gasteiger partial charge is 0.313 e. The van der Waals surface area contributed by atoms with Gasteiger partial charge in [0, 0.05) is 11.3 Å². The second-order valence-corrected chi connectivity index (χ2v) is 4.89. The maximum atomic E-state index is 10.3. The van der Waals surface area contributed by atoms with Crippen LogP contribution in [-0.4, -0.2) is 34.1 Å². The normalized spacial score (nSPS) is 10.9. The Bertz CT molecular complexity index is 186. The van der Waals surface area contributed by atoms with E-state index in [0.29, 0.717) is 6.54 Å². The van der Waals surface area contributed by atoms with E-state index < -0.39 is 5.97 Å². The molecular formula is C7H15N3O2S. The van der Waals surface area contributed by atoms with Gasteiger partial charge in [0.2, 0.25) is 0 Å². The quantitative estimate of drug-likeness (QED) is 0.376. The molecule has 0 fully saturated rings. The molecule has 0 radical (unpaired) electrons. The lowest BCUT2D eigenvalue weighted by atomic mass is 10.2. The van der Waals surface area contributed by atoms with Gasteiger partial charge in [-0.25, -0.2) is 0 Å². The van der Waals surface area contributed by atoms with E-state index in [4.69, 9.17) is 16.2 Å². The molecule has 0 rings (SSSR count). The highest BCUT2D eigenvalue weighted by atomic mass is 32.2. The molecule has 0 saturated carbocycles. The van der Waals surface area contributed by atoms with Crippen molar-refractivity contribution in [3.63, 3.8) is 0 Å². The van der Waals surface area contributed by atoms with Crippen molar-refractivity contribution in [3.8, 4) is 0 Å². The van der Waals surface area contributed by atoms with Gasteiger partial charge in [-0.2, -0.15) is 0 Å². The third-order valence-electron chi connectivity index (χ3n) is 1.29. The molecule has 0 bridgehead atoms. The van der Waals surface area contributed by atoms with Crippen molar-refractivity contribution in [1.29, 1.82) is 5.41 Å². The maximum absolute atomic E-state index is 10.3. The lowest BCUT2D eigenvalue weighted by Gasteiger charge is -2.23. The van der Waals surface area contributed by atoms with Crippen molar-refractivity contribution in [2.45, 2.75) is 18.6 Å². The zero-order valence-electron chi connectivity index (χ0n) is 7.76. The molecule has 6 heteroatoms. The first-order valence-electron chi connectivity index (χ1n) is 3.77. The Labute approximate surface area is 81.6 Å². The molecule has 5 N–H and O–H groups in total. The molecule has 0 aliphatic rings. The molecule has 0 heterocycles. The van der Waals surface area contributed by atoms with Crippen LogP contribution < -0.4 is 11.1 Å². The standard InChI is InChI=1S/C7H15N3O2S/c1-7(2,4-10-6(8)9)13-3-5(11)12/h3-4H2,1-2H3,(H,11,12)(H4,8,9,10). The van der Waals surface area contributed by atoms with E-state index in [1.807, 2.05) is 13.8 Å². The van der Waals surface area contributed by atoms with Crippen molar-refractivity contribution in [2.24, 2.45) is 5.73 Å². The number of thioether (sulfide) groups is 1. The minimum absolute atomic E-state index is 0.0621. The highest BCUT2D eigenvalue weighted by molar-refractivity contribution is 8.01. The van der Waals surface area contributed by atoms with Gasteiger partial charge in [0.05, 0.1) is 5.75 Å². The fourth-order valence-corrected chi connectivity index (χ4v) is 1.30. The summed E-state index contributed by atoms with van der Waals surface area (Å²) in [5.74, 6) is -0.864. The number of nitrogens with two attached hydrogens (primary N) is 1. The van der Waals surface area contributed by atoms with Gasteiger partial charge in [0.25, 0.3) is 0 Å². The topological polar surface area (TPSA) is 99.2 Å². The third-order valence-corrected chi connectivity index (χ3v) is 2.61. The predicted octanol–water partition coefficient (Wildman–Crippen LogP) is 0.0659. The van der Waals surface area contributed by atoms with Gasteiger partial charge >= 0.3 is 5.97 Å². The number of carboxylic acids is 1. The van der Waals surface area contributed by atoms with E-state index in [9.17, 15) is 4.79 Å². The number of hydrogen-bond acceptors (Lipinski definition) is 3. The Morgan fingerprint density at radius 3 is 2.62 bits per heavy atom. The molecule has 0 saturated heterocycles. The Morgan fingerprint density at radius 2 is 2.23 bits per heavy atom. The SMILES string of the molecule is CC(C)(CNC(=N)N)SCC(=O)O. The first-order valence-corrected chi connectivity index (χ1v) is 4.76. The van der Waals surface area contributed by atoms with E-state index >= 15 is 0 Å². The Kier molecular flexibility index (Phi) is 4.61. The average Bonchev–Trinajstić information content (AvgIpc) is 1.98. The summed E-state index contributed by atoms with van der Waals surface area (Å²) < 4.78 is -0.232. The number of carbonyl (C=O) groups is 1. The van der Waals surface area contributed by atoms with E-state index in [1.165, 1.54) is 11.8 Å². The maximum Gasteiger partial charge on any atom is 0.313 e. The van der Waals surface area contributed by atoms with E-state index in [2.05, 4.69) is 5.32 Å². The monoisotopic (exact) mass is 205 g/mol. The molecule has 0 aliphatic carbocycles. The molecule has 0 aromatic heterocycles. The molecule has 0 unspecified atom stereocenters. The summed E-state index contributed by atoms with van der Waals surface area (Å²) in [7, 11) is 0. The van der Waals surface area contributed by atoms with Crippen LogP contribution >= 0.6 is 11.8 Å². The molecule has 0 spiro atoms. The van der Waals surface area contributed by atoms with Gasteiger partial charge < -0.3 is 16.2 Å². The second kappa shape index (κ2) is 4.96. The van der Waals surface area contributed by atoms with Gasteiger partial charge in [-0.15, -0.1) is 11.8 Å². The molecule has 0 amide bonds. The van der Waals surface area contributed by atoms with Crippen LogP contribution in [-0.2, 0) is 4.79 Å². The second-order valence-electron chi connectivity index (χ2n) is 3.21. The first kappa shape index (κ1) is 12.1. The highest BCUT2D eigenvalue weighted by Crippen LogP contribution is 2.22. The van der Waals surface area contributed by atoms with Crippen LogP contribution in [0.1, 0.15) is 13.8 Å². The molecule has 0 atom stereocenters. The fraction of sp³-hybridized carbons (Fsp3) is 0.714. The van der Waals surface area contributed by atoms with Crippen molar-refractivity contribution in [1.82, 2.24) is 5.32 Å². The Morgan fingerprint density at radius 1 is 1.69 bits per heavy atom. The zero-order chi connectivity index (χ0) is 10.5. The molecule has 76 valence electrons. The summed E-state index contributed by atoms with van der Waals surface area (Å²) in [5.41, 5.74) is 5.10. The molecule has 5 nitrogen and oxygen atoms in total. The summed E-state index contributed by atoms with van der Waals surface area (Å²) in [6.07, 6.45) is 0. The minimum atomic E-state index is -0.832. The number of aliphatic carboxylic acids is 1. The molecule has 13 heavy (non-hydrogen) atoms. The summed E-state index contributed by atoms with van der Waals surface area (Å²) in [6, 6.07) is 0. The van der Waals surface area contributed by atoms with Crippen LogP contribution in [0, 0.1) is 5.41 Å². The zero-order valence-corrected chi connectivity index (χ0v) is 8.57. The van der Waals surface area contributed by atoms with Crippen LogP contribution in [0.5, 0.6) is 0 Å². The van der Waals surface area contributed by atoms with Crippen LogP contribution in [0.2, 0.25) is 0 Å². The Hall–Kier alpha value is -0.910. The summed E-state index contributed by atoms with van der Waals surface area (Å²) in [4.78, 5) is 10.3. The minimum Gasteiger partial charge on any atom is -0.481 e. The fourth-order valence-electron chi connectivity index (χ4n) is 0.616. The molecule has 0 aliphatic heterocycles. The number of nitrogens with one attached hydrogen (secondary N) is 2. The first-order chi connectivity index (χ1) is 5.83. The largest absolute Gasteiger partial charge is 0.481 e. The third kappa shape index (κ3) is 7.45. The van der Waals surface area contributed by atoms with Crippen molar-refractivity contribution >= 4 is 23.7 Å². The summed E-state index contributed by atoms with van der Waals surface area (Å²) >= 11 is 1.31. The molecule has 0 aromatic carbocycles. The van der Waals surface area contributed by atoms with Crippen molar-refractivity contribution in [2.75, 3.05) is 12.3 Å². The average molecular weight is 205 g/mol. The van der Waals surface area contributed by atoms with E-state index in [-0.39, 0.29) is 16.5 Å². The summed E-state index contributed by atoms with van der Waals surface area (Å²) in [6.45, 7) is 4.29. The van der Waals surface area contributed by atoms with E-state index in [0.717, 1.165) is 0 Å². The predicted molar refractivity (Wildman–Crippen MR) is 54.1 cm³/mol. The highest BCUT2D eigenvalue weighted by Gasteiger charge is 2.19. The van der Waals surface area contributed by atoms with Crippen molar-refractivity contribution in [3.05, 3.63) is 0 Å². The van der Waals surface area contributed by atoms with Gasteiger partial charge in [-0.05, 0) is 13.8 Å². The van der Waals surface area contributed by atoms with Crippen LogP contribution in [0.3, 0.4) is 0 Å². The lowest BCUT2D eigenvalue weighted by Crippen LogP contribution is -2.40. The van der Waals surface area contributed by atoms with Crippen LogP contribution in [0.15, 0.2) is 0 Å². The van der Waals surface area contributed by atoms with E-state index in [1.54, 1.807) is 0 Å². The van der Waals surface area contributed by atoms with Gasteiger partial charge in [0.15, 0.2) is 5.96 Å². The van der Waals surface area contributed by atoms with Crippen LogP contribution in [0.25, 0.3) is 0 Å². The lowest BCUT2D eigenvalue weighted by molar-refractivity contribution is -0.133. The number of carboxylic acid groups (broad SMARTS) is 1. The van der Waals surface area contributed by atoms with Gasteiger partial charge in [-0.1, -0.05) is 0 Å². The summed E-state index contributed by atoms with van der Waals surface area (Å²) in [5, 5.41) is 18.0. The molecular weight excluding hydrogens is 190 g/mol. The van der Waals surface area contributed by atoms with Crippen LogP contribution in [0.4, 0.5) is 0 Å². The Balaban J connectivity index is 3.79. The number of guanidine groups is 1. The van der Waals surface area contributed by atoms with Crippen molar-refractivity contribution < 1.29 is 9.90 Å². The number of hydrogen-bond donors (Lipinski definition) is 4. The van der Waals surface area contributed by atoms with Gasteiger partial charge in [0.1, 0.15) is 0 Å². The molecule has 0 aromatic rings. The number of rotatable bonds is 5.